The molecular weight excluding hydrogens is 501 g/mol. The van der Waals surface area contributed by atoms with Crippen LogP contribution in [0.25, 0.3) is 0 Å². The lowest BCUT2D eigenvalue weighted by atomic mass is 9.82. The number of hydrogen-bond acceptors (Lipinski definition) is 6. The van der Waals surface area contributed by atoms with E-state index in [9.17, 15) is 35.9 Å². The fourth-order valence-corrected chi connectivity index (χ4v) is 8.05. The SMILES string of the molecule is CCCS(=O)(=O)N1CCN(S(=O)(=O)c2ccc(F)cc2)C1C(=O)NC(CC(=O)O)C1CCCCC1. The maximum atomic E-state index is 13.5. The van der Waals surface area contributed by atoms with E-state index in [1.807, 2.05) is 0 Å². The van der Waals surface area contributed by atoms with Gasteiger partial charge in [0.1, 0.15) is 5.82 Å². The van der Waals surface area contributed by atoms with Crippen LogP contribution in [-0.4, -0.2) is 73.5 Å². The first kappa shape index (κ1) is 27.5. The highest BCUT2D eigenvalue weighted by Crippen LogP contribution is 2.30. The van der Waals surface area contributed by atoms with Crippen molar-refractivity contribution in [3.8, 4) is 0 Å². The quantitative estimate of drug-likeness (QED) is 0.467. The molecule has 1 aliphatic carbocycles. The summed E-state index contributed by atoms with van der Waals surface area (Å²) in [5.74, 6) is -3.02. The van der Waals surface area contributed by atoms with Gasteiger partial charge in [0, 0.05) is 19.1 Å². The van der Waals surface area contributed by atoms with Gasteiger partial charge >= 0.3 is 5.97 Å². The number of nitrogens with one attached hydrogen (secondary N) is 1. The van der Waals surface area contributed by atoms with E-state index in [0.29, 0.717) is 0 Å². The number of carboxylic acids is 1. The van der Waals surface area contributed by atoms with E-state index < -0.39 is 49.9 Å². The smallest absolute Gasteiger partial charge is 0.305 e. The van der Waals surface area contributed by atoms with E-state index >= 15 is 0 Å². The van der Waals surface area contributed by atoms with E-state index in [1.165, 1.54) is 0 Å². The molecule has 1 aromatic carbocycles. The van der Waals surface area contributed by atoms with Gasteiger partial charge < -0.3 is 10.4 Å². The zero-order chi connectivity index (χ0) is 25.8. The van der Waals surface area contributed by atoms with Gasteiger partial charge in [-0.25, -0.2) is 21.2 Å². The van der Waals surface area contributed by atoms with Crippen LogP contribution in [0.2, 0.25) is 0 Å². The van der Waals surface area contributed by atoms with Crippen LogP contribution >= 0.6 is 0 Å². The van der Waals surface area contributed by atoms with Crippen LogP contribution in [0, 0.1) is 11.7 Å². The van der Waals surface area contributed by atoms with Gasteiger partial charge in [0.2, 0.25) is 20.0 Å². The van der Waals surface area contributed by atoms with Crippen molar-refractivity contribution >= 4 is 31.9 Å². The number of sulfonamides is 2. The van der Waals surface area contributed by atoms with Gasteiger partial charge in [0.15, 0.2) is 6.17 Å². The molecule has 1 amide bonds. The predicted octanol–water partition coefficient (Wildman–Crippen LogP) is 1.74. The van der Waals surface area contributed by atoms with Crippen molar-refractivity contribution in [2.24, 2.45) is 5.92 Å². The molecule has 2 fully saturated rings. The summed E-state index contributed by atoms with van der Waals surface area (Å²) < 4.78 is 67.7. The number of benzene rings is 1. The second kappa shape index (κ2) is 11.3. The molecule has 0 spiro atoms. The van der Waals surface area contributed by atoms with Crippen LogP contribution in [0.5, 0.6) is 0 Å². The number of aliphatic carboxylic acids is 1. The summed E-state index contributed by atoms with van der Waals surface area (Å²) in [4.78, 5) is 24.7. The monoisotopic (exact) mass is 533 g/mol. The van der Waals surface area contributed by atoms with Crippen molar-refractivity contribution in [1.82, 2.24) is 13.9 Å². The van der Waals surface area contributed by atoms with E-state index in [1.54, 1.807) is 6.92 Å². The minimum Gasteiger partial charge on any atom is -0.481 e. The molecule has 1 heterocycles. The van der Waals surface area contributed by atoms with E-state index in [-0.39, 0.29) is 42.5 Å². The fraction of sp³-hybridized carbons (Fsp3) is 0.636. The maximum absolute atomic E-state index is 13.5. The molecule has 0 aromatic heterocycles. The minimum atomic E-state index is -4.36. The third-order valence-electron chi connectivity index (χ3n) is 6.50. The molecular formula is C22H32FN3O7S2. The highest BCUT2D eigenvalue weighted by molar-refractivity contribution is 7.90. The fourth-order valence-electron chi connectivity index (χ4n) is 4.82. The summed E-state index contributed by atoms with van der Waals surface area (Å²) in [7, 11) is -8.34. The first-order valence-corrected chi connectivity index (χ1v) is 14.8. The number of hydrogen-bond donors (Lipinski definition) is 2. The number of halogens is 1. The summed E-state index contributed by atoms with van der Waals surface area (Å²) in [6.07, 6.45) is 2.44. The van der Waals surface area contributed by atoms with Crippen molar-refractivity contribution in [2.45, 2.75) is 69.0 Å². The second-order valence-electron chi connectivity index (χ2n) is 8.98. The van der Waals surface area contributed by atoms with E-state index in [0.717, 1.165) is 65.0 Å². The molecule has 2 unspecified atom stereocenters. The van der Waals surface area contributed by atoms with Crippen molar-refractivity contribution in [1.29, 1.82) is 0 Å². The summed E-state index contributed by atoms with van der Waals surface area (Å²) >= 11 is 0. The third-order valence-corrected chi connectivity index (χ3v) is 10.4. The lowest BCUT2D eigenvalue weighted by Gasteiger charge is -2.33. The molecule has 13 heteroatoms. The Morgan fingerprint density at radius 2 is 1.66 bits per heavy atom. The van der Waals surface area contributed by atoms with E-state index in [2.05, 4.69) is 5.32 Å². The number of carboxylic acid groups (broad SMARTS) is 1. The number of carbonyl (C=O) groups excluding carboxylic acids is 1. The highest BCUT2D eigenvalue weighted by atomic mass is 32.2. The summed E-state index contributed by atoms with van der Waals surface area (Å²) in [6.45, 7) is 1.16. The Hall–Kier alpha value is -2.09. The molecule has 0 radical (unpaired) electrons. The van der Waals surface area contributed by atoms with Crippen LogP contribution in [0.1, 0.15) is 51.9 Å². The summed E-state index contributed by atoms with van der Waals surface area (Å²) in [6, 6.07) is 3.29. The molecule has 1 saturated carbocycles. The van der Waals surface area contributed by atoms with Crippen molar-refractivity contribution in [2.75, 3.05) is 18.8 Å². The van der Waals surface area contributed by atoms with Crippen LogP contribution in [-0.2, 0) is 29.6 Å². The Bertz CT molecular complexity index is 1120. The van der Waals surface area contributed by atoms with Crippen LogP contribution in [0.15, 0.2) is 29.2 Å². The third kappa shape index (κ3) is 6.38. The summed E-state index contributed by atoms with van der Waals surface area (Å²) in [5, 5.41) is 12.1. The van der Waals surface area contributed by atoms with Gasteiger partial charge in [-0.3, -0.25) is 9.59 Å². The molecule has 1 saturated heterocycles. The second-order valence-corrected chi connectivity index (χ2v) is 12.9. The van der Waals surface area contributed by atoms with E-state index in [4.69, 9.17) is 0 Å². The zero-order valence-electron chi connectivity index (χ0n) is 19.6. The van der Waals surface area contributed by atoms with Gasteiger partial charge in [0.25, 0.3) is 5.91 Å². The number of nitrogens with zero attached hydrogens (tertiary/aromatic N) is 2. The number of rotatable bonds is 10. The maximum Gasteiger partial charge on any atom is 0.305 e. The molecule has 2 atom stereocenters. The average Bonchev–Trinajstić information content (AvgIpc) is 3.27. The van der Waals surface area contributed by atoms with Crippen LogP contribution < -0.4 is 5.32 Å². The molecule has 1 aromatic rings. The first-order valence-electron chi connectivity index (χ1n) is 11.8. The summed E-state index contributed by atoms with van der Waals surface area (Å²) in [5.41, 5.74) is 0. The van der Waals surface area contributed by atoms with Crippen LogP contribution in [0.4, 0.5) is 4.39 Å². The standard InChI is InChI=1S/C22H32FN3O7S2/c1-2-14-34(30,31)25-12-13-26(35(32,33)18-10-8-17(23)9-11-18)22(25)21(29)24-19(15-20(27)28)16-6-4-3-5-7-16/h8-11,16,19,22H,2-7,12-15H2,1H3,(H,24,29)(H,27,28). The normalized spacial score (nSPS) is 21.6. The Kier molecular flexibility index (Phi) is 8.89. The molecule has 0 bridgehead atoms. The topological polar surface area (TPSA) is 141 Å². The Balaban J connectivity index is 1.97. The zero-order valence-corrected chi connectivity index (χ0v) is 21.2. The van der Waals surface area contributed by atoms with Crippen molar-refractivity contribution in [3.05, 3.63) is 30.1 Å². The van der Waals surface area contributed by atoms with Gasteiger partial charge in [-0.05, 0) is 49.4 Å². The van der Waals surface area contributed by atoms with Gasteiger partial charge in [-0.1, -0.05) is 26.2 Å². The Morgan fingerprint density at radius 1 is 1.06 bits per heavy atom. The molecule has 1 aliphatic heterocycles. The molecule has 10 nitrogen and oxygen atoms in total. The van der Waals surface area contributed by atoms with Gasteiger partial charge in [-0.2, -0.15) is 8.61 Å². The Labute approximate surface area is 205 Å². The van der Waals surface area contributed by atoms with Gasteiger partial charge in [0.05, 0.1) is 17.1 Å². The predicted molar refractivity (Wildman–Crippen MR) is 126 cm³/mol. The number of carbonyl (C=O) groups is 2. The lowest BCUT2D eigenvalue weighted by molar-refractivity contribution is -0.138. The highest BCUT2D eigenvalue weighted by Gasteiger charge is 2.49. The first-order chi connectivity index (χ1) is 16.5. The average molecular weight is 534 g/mol. The molecule has 2 aliphatic rings. The largest absolute Gasteiger partial charge is 0.481 e. The number of amides is 1. The molecule has 35 heavy (non-hydrogen) atoms. The minimum absolute atomic E-state index is 0.104. The van der Waals surface area contributed by atoms with Crippen molar-refractivity contribution in [3.63, 3.8) is 0 Å². The molecule has 3 rings (SSSR count). The Morgan fingerprint density at radius 3 is 2.23 bits per heavy atom. The van der Waals surface area contributed by atoms with Crippen molar-refractivity contribution < 1.29 is 35.9 Å². The lowest BCUT2D eigenvalue weighted by Crippen LogP contribution is -2.57. The van der Waals surface area contributed by atoms with Crippen LogP contribution in [0.3, 0.4) is 0 Å². The molecule has 2 N–H and O–H groups in total. The van der Waals surface area contributed by atoms with Gasteiger partial charge in [-0.15, -0.1) is 0 Å². The molecule has 196 valence electrons.